The van der Waals surface area contributed by atoms with Gasteiger partial charge in [-0.05, 0) is 37.8 Å². The lowest BCUT2D eigenvalue weighted by molar-refractivity contribution is 0.0977. The fourth-order valence-electron chi connectivity index (χ4n) is 3.81. The van der Waals surface area contributed by atoms with Gasteiger partial charge in [0.1, 0.15) is 10.6 Å². The summed E-state index contributed by atoms with van der Waals surface area (Å²) in [7, 11) is 0. The molecule has 5 nitrogen and oxygen atoms in total. The molecule has 1 aromatic heterocycles. The Hall–Kier alpha value is -2.31. The predicted molar refractivity (Wildman–Crippen MR) is 106 cm³/mol. The third kappa shape index (κ3) is 4.01. The summed E-state index contributed by atoms with van der Waals surface area (Å²) in [5.41, 5.74) is 2.04. The zero-order chi connectivity index (χ0) is 18.8. The standard InChI is InChI=1S/C21H23N3O2S/c1-14-23-19-20(26)17(11-18(25)21(19)27-14)22-9-7-16-8-10-24(13-16)12-15-5-3-2-4-6-15/h2-6,11,16,22H,7-10,12-13H2,1H3. The van der Waals surface area contributed by atoms with Crippen LogP contribution in [0.2, 0.25) is 0 Å². The van der Waals surface area contributed by atoms with E-state index in [9.17, 15) is 9.59 Å². The number of aryl methyl sites for hydroxylation is 1. The van der Waals surface area contributed by atoms with Gasteiger partial charge in [-0.1, -0.05) is 30.3 Å². The number of allylic oxidation sites excluding steroid dienone is 2. The van der Waals surface area contributed by atoms with Gasteiger partial charge in [0.05, 0.1) is 10.7 Å². The summed E-state index contributed by atoms with van der Waals surface area (Å²) in [6.07, 6.45) is 3.60. The molecule has 1 aliphatic carbocycles. The van der Waals surface area contributed by atoms with Crippen molar-refractivity contribution in [3.63, 3.8) is 0 Å². The zero-order valence-corrected chi connectivity index (χ0v) is 16.2. The van der Waals surface area contributed by atoms with Crippen molar-refractivity contribution < 1.29 is 9.59 Å². The lowest BCUT2D eigenvalue weighted by Gasteiger charge is -2.17. The molecule has 1 saturated heterocycles. The van der Waals surface area contributed by atoms with Crippen molar-refractivity contribution in [3.05, 3.63) is 63.2 Å². The average Bonchev–Trinajstić information content (AvgIpc) is 3.27. The molecular weight excluding hydrogens is 358 g/mol. The lowest BCUT2D eigenvalue weighted by Crippen LogP contribution is -2.28. The molecule has 1 fully saturated rings. The van der Waals surface area contributed by atoms with Gasteiger partial charge in [-0.2, -0.15) is 0 Å². The first-order valence-electron chi connectivity index (χ1n) is 9.38. The minimum absolute atomic E-state index is 0.118. The maximum Gasteiger partial charge on any atom is 0.228 e. The van der Waals surface area contributed by atoms with Gasteiger partial charge >= 0.3 is 0 Å². The second-order valence-corrected chi connectivity index (χ2v) is 8.46. The highest BCUT2D eigenvalue weighted by molar-refractivity contribution is 7.14. The van der Waals surface area contributed by atoms with Crippen molar-refractivity contribution >= 4 is 22.9 Å². The number of rotatable bonds is 6. The molecule has 1 aromatic carbocycles. The Morgan fingerprint density at radius 1 is 1.26 bits per heavy atom. The molecule has 0 radical (unpaired) electrons. The number of thiazole rings is 1. The maximum absolute atomic E-state index is 12.5. The van der Waals surface area contributed by atoms with E-state index in [1.165, 1.54) is 29.4 Å². The number of nitrogens with zero attached hydrogens (tertiary/aromatic N) is 2. The van der Waals surface area contributed by atoms with Crippen LogP contribution < -0.4 is 5.32 Å². The molecule has 27 heavy (non-hydrogen) atoms. The number of likely N-dealkylation sites (tertiary alicyclic amines) is 1. The number of ketones is 2. The summed E-state index contributed by atoms with van der Waals surface area (Å²) >= 11 is 1.29. The molecule has 1 unspecified atom stereocenters. The number of hydrogen-bond acceptors (Lipinski definition) is 6. The SMILES string of the molecule is Cc1nc2c(s1)C(=O)C=C(NCCC1CCN(Cc3ccccc3)C1)C2=O. The Morgan fingerprint density at radius 2 is 2.07 bits per heavy atom. The summed E-state index contributed by atoms with van der Waals surface area (Å²) in [5, 5.41) is 3.93. The van der Waals surface area contributed by atoms with Crippen molar-refractivity contribution in [2.45, 2.75) is 26.3 Å². The van der Waals surface area contributed by atoms with E-state index in [0.717, 1.165) is 31.1 Å². The quantitative estimate of drug-likeness (QED) is 0.832. The first kappa shape index (κ1) is 18.1. The molecule has 2 aliphatic rings. The molecule has 1 N–H and O–H groups in total. The Labute approximate surface area is 163 Å². The molecule has 4 rings (SSSR count). The first-order chi connectivity index (χ1) is 13.1. The van der Waals surface area contributed by atoms with Crippen LogP contribution in [0.3, 0.4) is 0 Å². The number of aromatic nitrogens is 1. The Kier molecular flexibility index (Phi) is 5.18. The molecule has 2 aromatic rings. The van der Waals surface area contributed by atoms with Crippen molar-refractivity contribution in [3.8, 4) is 0 Å². The molecule has 0 saturated carbocycles. The summed E-state index contributed by atoms with van der Waals surface area (Å²) in [6.45, 7) is 5.71. The van der Waals surface area contributed by atoms with Gasteiger partial charge in [0.25, 0.3) is 0 Å². The van der Waals surface area contributed by atoms with Crippen molar-refractivity contribution in [1.29, 1.82) is 0 Å². The van der Waals surface area contributed by atoms with Crippen LogP contribution in [0.15, 0.2) is 42.1 Å². The third-order valence-corrected chi connectivity index (χ3v) is 6.17. The van der Waals surface area contributed by atoms with E-state index in [1.54, 1.807) is 0 Å². The van der Waals surface area contributed by atoms with E-state index in [-0.39, 0.29) is 11.6 Å². The number of nitrogens with one attached hydrogen (secondary N) is 1. The second-order valence-electron chi connectivity index (χ2n) is 7.25. The minimum atomic E-state index is -0.161. The van der Waals surface area contributed by atoms with Crippen LogP contribution in [-0.4, -0.2) is 41.1 Å². The first-order valence-corrected chi connectivity index (χ1v) is 10.2. The molecule has 1 aliphatic heterocycles. The van der Waals surface area contributed by atoms with Gasteiger partial charge in [0.2, 0.25) is 5.78 Å². The van der Waals surface area contributed by atoms with Crippen molar-refractivity contribution in [2.75, 3.05) is 19.6 Å². The molecule has 0 amide bonds. The highest BCUT2D eigenvalue weighted by Gasteiger charge is 2.29. The van der Waals surface area contributed by atoms with E-state index in [2.05, 4.69) is 39.5 Å². The van der Waals surface area contributed by atoms with Gasteiger partial charge in [0.15, 0.2) is 5.78 Å². The van der Waals surface area contributed by atoms with Crippen molar-refractivity contribution in [2.24, 2.45) is 5.92 Å². The number of Topliss-reactive ketones (excluding diaryl/α,β-unsaturated/α-hetero) is 1. The summed E-state index contributed by atoms with van der Waals surface area (Å²) in [6, 6.07) is 10.5. The largest absolute Gasteiger partial charge is 0.382 e. The summed E-state index contributed by atoms with van der Waals surface area (Å²) in [4.78, 5) is 31.9. The van der Waals surface area contributed by atoms with Gasteiger partial charge in [0, 0.05) is 25.7 Å². The van der Waals surface area contributed by atoms with Crippen LogP contribution in [0.4, 0.5) is 0 Å². The van der Waals surface area contributed by atoms with Gasteiger partial charge in [-0.15, -0.1) is 11.3 Å². The van der Waals surface area contributed by atoms with E-state index in [4.69, 9.17) is 0 Å². The molecule has 6 heteroatoms. The highest BCUT2D eigenvalue weighted by atomic mass is 32.1. The average molecular weight is 382 g/mol. The Balaban J connectivity index is 1.27. The highest BCUT2D eigenvalue weighted by Crippen LogP contribution is 2.26. The fraction of sp³-hybridized carbons (Fsp3) is 0.381. The molecule has 0 spiro atoms. The third-order valence-electron chi connectivity index (χ3n) is 5.18. The molecule has 140 valence electrons. The number of fused-ring (bicyclic) bond motifs is 1. The van der Waals surface area contributed by atoms with Crippen LogP contribution in [0, 0.1) is 12.8 Å². The fourth-order valence-corrected chi connectivity index (χ4v) is 4.64. The minimum Gasteiger partial charge on any atom is -0.382 e. The van der Waals surface area contributed by atoms with Crippen LogP contribution in [0.25, 0.3) is 0 Å². The summed E-state index contributed by atoms with van der Waals surface area (Å²) < 4.78 is 0. The predicted octanol–water partition coefficient (Wildman–Crippen LogP) is 3.22. The van der Waals surface area contributed by atoms with Crippen LogP contribution >= 0.6 is 11.3 Å². The monoisotopic (exact) mass is 381 g/mol. The van der Waals surface area contributed by atoms with E-state index >= 15 is 0 Å². The molecule has 0 bridgehead atoms. The number of carbonyl (C=O) groups excluding carboxylic acids is 2. The van der Waals surface area contributed by atoms with E-state index in [1.807, 2.05) is 13.0 Å². The zero-order valence-electron chi connectivity index (χ0n) is 15.4. The van der Waals surface area contributed by atoms with Gasteiger partial charge in [-0.3, -0.25) is 14.5 Å². The van der Waals surface area contributed by atoms with E-state index in [0.29, 0.717) is 28.7 Å². The van der Waals surface area contributed by atoms with Crippen LogP contribution in [-0.2, 0) is 6.54 Å². The number of carbonyl (C=O) groups is 2. The molecule has 2 heterocycles. The van der Waals surface area contributed by atoms with Crippen LogP contribution in [0.1, 0.15) is 43.6 Å². The molecular formula is C21H23N3O2S. The van der Waals surface area contributed by atoms with Crippen LogP contribution in [0.5, 0.6) is 0 Å². The van der Waals surface area contributed by atoms with Crippen molar-refractivity contribution in [1.82, 2.24) is 15.2 Å². The normalized spacial score (nSPS) is 19.9. The van der Waals surface area contributed by atoms with E-state index < -0.39 is 0 Å². The smallest absolute Gasteiger partial charge is 0.228 e. The molecule has 1 atom stereocenters. The number of hydrogen-bond donors (Lipinski definition) is 1. The Morgan fingerprint density at radius 3 is 2.89 bits per heavy atom. The van der Waals surface area contributed by atoms with Gasteiger partial charge in [-0.25, -0.2) is 4.98 Å². The maximum atomic E-state index is 12.5. The van der Waals surface area contributed by atoms with Gasteiger partial charge < -0.3 is 5.32 Å². The summed E-state index contributed by atoms with van der Waals surface area (Å²) in [5.74, 6) is 0.340. The second kappa shape index (κ2) is 7.74. The lowest BCUT2D eigenvalue weighted by atomic mass is 10.0. The topological polar surface area (TPSA) is 62.3 Å². The Bertz CT molecular complexity index is 888. The number of benzene rings is 1.